The van der Waals surface area contributed by atoms with Gasteiger partial charge in [-0.15, -0.1) is 10.2 Å². The van der Waals surface area contributed by atoms with Crippen molar-refractivity contribution in [3.05, 3.63) is 65.7 Å². The average molecular weight is 384 g/mol. The van der Waals surface area contributed by atoms with E-state index in [0.717, 1.165) is 11.8 Å². The number of aryl methyl sites for hydroxylation is 1. The zero-order valence-electron chi connectivity index (χ0n) is 14.8. The van der Waals surface area contributed by atoms with Crippen molar-refractivity contribution in [2.24, 2.45) is 0 Å². The first-order chi connectivity index (χ1) is 13.0. The molecule has 3 aromatic rings. The molecule has 0 fully saturated rings. The minimum Gasteiger partial charge on any atom is -0.326 e. The maximum Gasteiger partial charge on any atom is 0.221 e. The number of ketones is 1. The highest BCUT2D eigenvalue weighted by atomic mass is 32.2. The Morgan fingerprint density at radius 3 is 2.56 bits per heavy atom. The van der Waals surface area contributed by atoms with Crippen LogP contribution in [0.15, 0.2) is 53.7 Å². The van der Waals surface area contributed by atoms with Gasteiger partial charge in [0.1, 0.15) is 11.6 Å². The summed E-state index contributed by atoms with van der Waals surface area (Å²) >= 11 is 1.19. The number of rotatable bonds is 6. The Balaban J connectivity index is 1.75. The Bertz CT molecular complexity index is 989. The number of halogens is 1. The van der Waals surface area contributed by atoms with Gasteiger partial charge in [0.2, 0.25) is 5.91 Å². The zero-order valence-corrected chi connectivity index (χ0v) is 15.6. The Morgan fingerprint density at radius 2 is 1.89 bits per heavy atom. The standard InChI is InChI=1S/C19H17FN4O2S/c1-12-22-23-19(24(12)15-6-4-3-5-7-15)27-11-18(26)16-9-8-14(10-17(16)20)21-13(2)25/h3-10H,11H2,1-2H3,(H,21,25). The van der Waals surface area contributed by atoms with Crippen LogP contribution in [0, 0.1) is 12.7 Å². The van der Waals surface area contributed by atoms with Crippen molar-refractivity contribution in [1.82, 2.24) is 14.8 Å². The number of hydrogen-bond acceptors (Lipinski definition) is 5. The van der Waals surface area contributed by atoms with Crippen molar-refractivity contribution in [2.75, 3.05) is 11.1 Å². The van der Waals surface area contributed by atoms with Crippen LogP contribution in [-0.2, 0) is 4.79 Å². The molecule has 8 heteroatoms. The van der Waals surface area contributed by atoms with E-state index in [1.807, 2.05) is 41.8 Å². The first-order valence-electron chi connectivity index (χ1n) is 8.16. The van der Waals surface area contributed by atoms with Crippen LogP contribution < -0.4 is 5.32 Å². The van der Waals surface area contributed by atoms with E-state index in [1.165, 1.54) is 30.8 Å². The van der Waals surface area contributed by atoms with E-state index in [4.69, 9.17) is 0 Å². The number of para-hydroxylation sites is 1. The van der Waals surface area contributed by atoms with Crippen LogP contribution in [0.25, 0.3) is 5.69 Å². The number of carbonyl (C=O) groups excluding carboxylic acids is 2. The maximum absolute atomic E-state index is 14.2. The smallest absolute Gasteiger partial charge is 0.221 e. The third-order valence-corrected chi connectivity index (χ3v) is 4.66. The predicted octanol–water partition coefficient (Wildman–Crippen LogP) is 3.65. The summed E-state index contributed by atoms with van der Waals surface area (Å²) in [6, 6.07) is 13.6. The fourth-order valence-corrected chi connectivity index (χ4v) is 3.42. The number of nitrogens with zero attached hydrogens (tertiary/aromatic N) is 3. The van der Waals surface area contributed by atoms with Gasteiger partial charge in [0.25, 0.3) is 0 Å². The number of anilines is 1. The van der Waals surface area contributed by atoms with Crippen molar-refractivity contribution in [3.63, 3.8) is 0 Å². The van der Waals surface area contributed by atoms with Crippen molar-refractivity contribution in [3.8, 4) is 5.69 Å². The van der Waals surface area contributed by atoms with E-state index < -0.39 is 5.82 Å². The van der Waals surface area contributed by atoms with Crippen LogP contribution in [0.3, 0.4) is 0 Å². The van der Waals surface area contributed by atoms with Crippen molar-refractivity contribution >= 4 is 29.1 Å². The number of nitrogens with one attached hydrogen (secondary N) is 1. The highest BCUT2D eigenvalue weighted by molar-refractivity contribution is 7.99. The van der Waals surface area contributed by atoms with Gasteiger partial charge >= 0.3 is 0 Å². The number of amides is 1. The number of aromatic nitrogens is 3. The second kappa shape index (κ2) is 8.13. The quantitative estimate of drug-likeness (QED) is 0.519. The first kappa shape index (κ1) is 18.8. The normalized spacial score (nSPS) is 10.6. The summed E-state index contributed by atoms with van der Waals surface area (Å²) in [5.41, 5.74) is 1.17. The van der Waals surface area contributed by atoms with E-state index in [2.05, 4.69) is 15.5 Å². The maximum atomic E-state index is 14.2. The summed E-state index contributed by atoms with van der Waals surface area (Å²) < 4.78 is 16.1. The summed E-state index contributed by atoms with van der Waals surface area (Å²) in [5.74, 6) is -0.636. The van der Waals surface area contributed by atoms with Gasteiger partial charge in [-0.05, 0) is 37.3 Å². The van der Waals surface area contributed by atoms with Crippen molar-refractivity contribution in [2.45, 2.75) is 19.0 Å². The van der Waals surface area contributed by atoms with Crippen LogP contribution in [-0.4, -0.2) is 32.2 Å². The SMILES string of the molecule is CC(=O)Nc1ccc(C(=O)CSc2nnc(C)n2-c2ccccc2)c(F)c1. The molecule has 0 aliphatic rings. The minimum absolute atomic E-state index is 0.0152. The molecule has 0 saturated carbocycles. The summed E-state index contributed by atoms with van der Waals surface area (Å²) in [6.07, 6.45) is 0. The summed E-state index contributed by atoms with van der Waals surface area (Å²) in [4.78, 5) is 23.5. The molecule has 0 aliphatic carbocycles. The lowest BCUT2D eigenvalue weighted by Gasteiger charge is -2.08. The van der Waals surface area contributed by atoms with E-state index in [9.17, 15) is 14.0 Å². The second-order valence-corrected chi connectivity index (χ2v) is 6.73. The molecular weight excluding hydrogens is 367 g/mol. The lowest BCUT2D eigenvalue weighted by atomic mass is 10.1. The number of thioether (sulfide) groups is 1. The summed E-state index contributed by atoms with van der Waals surface area (Å²) in [5, 5.41) is 11.2. The van der Waals surface area contributed by atoms with Gasteiger partial charge < -0.3 is 5.32 Å². The molecule has 2 aromatic carbocycles. The molecule has 138 valence electrons. The summed E-state index contributed by atoms with van der Waals surface area (Å²) in [6.45, 7) is 3.16. The third-order valence-electron chi connectivity index (χ3n) is 3.73. The fraction of sp³-hybridized carbons (Fsp3) is 0.158. The number of hydrogen-bond donors (Lipinski definition) is 1. The van der Waals surface area contributed by atoms with Gasteiger partial charge in [-0.25, -0.2) is 4.39 Å². The van der Waals surface area contributed by atoms with Crippen molar-refractivity contribution in [1.29, 1.82) is 0 Å². The topological polar surface area (TPSA) is 76.9 Å². The lowest BCUT2D eigenvalue weighted by molar-refractivity contribution is -0.114. The van der Waals surface area contributed by atoms with Crippen LogP contribution in [0.1, 0.15) is 23.1 Å². The zero-order chi connectivity index (χ0) is 19.4. The van der Waals surface area contributed by atoms with Gasteiger partial charge in [-0.3, -0.25) is 14.2 Å². The Labute approximate surface area is 159 Å². The Morgan fingerprint density at radius 1 is 1.15 bits per heavy atom. The number of Topliss-reactive ketones (excluding diaryl/α,β-unsaturated/α-hetero) is 1. The molecule has 1 aromatic heterocycles. The molecule has 0 aliphatic heterocycles. The second-order valence-electron chi connectivity index (χ2n) is 5.79. The van der Waals surface area contributed by atoms with Gasteiger partial charge in [0.15, 0.2) is 10.9 Å². The first-order valence-corrected chi connectivity index (χ1v) is 9.15. The average Bonchev–Trinajstić information content (AvgIpc) is 3.00. The van der Waals surface area contributed by atoms with Crippen molar-refractivity contribution < 1.29 is 14.0 Å². The van der Waals surface area contributed by atoms with Crippen LogP contribution >= 0.6 is 11.8 Å². The highest BCUT2D eigenvalue weighted by Crippen LogP contribution is 2.23. The predicted molar refractivity (Wildman–Crippen MR) is 102 cm³/mol. The summed E-state index contributed by atoms with van der Waals surface area (Å²) in [7, 11) is 0. The molecular formula is C19H17FN4O2S. The number of carbonyl (C=O) groups is 2. The largest absolute Gasteiger partial charge is 0.326 e. The molecule has 0 bridgehead atoms. The van der Waals surface area contributed by atoms with E-state index >= 15 is 0 Å². The van der Waals surface area contributed by atoms with Gasteiger partial charge in [0, 0.05) is 18.3 Å². The molecule has 0 spiro atoms. The minimum atomic E-state index is -0.674. The Kier molecular flexibility index (Phi) is 5.66. The molecule has 6 nitrogen and oxygen atoms in total. The fourth-order valence-electron chi connectivity index (χ4n) is 2.54. The molecule has 0 unspecified atom stereocenters. The van der Waals surface area contributed by atoms with Crippen LogP contribution in [0.4, 0.5) is 10.1 Å². The highest BCUT2D eigenvalue weighted by Gasteiger charge is 2.17. The lowest BCUT2D eigenvalue weighted by Crippen LogP contribution is -2.09. The van der Waals surface area contributed by atoms with Gasteiger partial charge in [-0.2, -0.15) is 0 Å². The molecule has 3 rings (SSSR count). The molecule has 1 amide bonds. The van der Waals surface area contributed by atoms with E-state index in [1.54, 1.807) is 0 Å². The van der Waals surface area contributed by atoms with Crippen LogP contribution in [0.5, 0.6) is 0 Å². The van der Waals surface area contributed by atoms with Gasteiger partial charge in [-0.1, -0.05) is 30.0 Å². The molecule has 27 heavy (non-hydrogen) atoms. The third kappa shape index (κ3) is 4.40. The van der Waals surface area contributed by atoms with Crippen LogP contribution in [0.2, 0.25) is 0 Å². The molecule has 0 atom stereocenters. The number of benzene rings is 2. The van der Waals surface area contributed by atoms with E-state index in [-0.39, 0.29) is 23.0 Å². The van der Waals surface area contributed by atoms with Gasteiger partial charge in [0.05, 0.1) is 11.3 Å². The Hall–Kier alpha value is -3.00. The molecule has 1 N–H and O–H groups in total. The molecule has 0 saturated heterocycles. The molecule has 0 radical (unpaired) electrons. The molecule has 1 heterocycles. The monoisotopic (exact) mass is 384 g/mol. The van der Waals surface area contributed by atoms with E-state index in [0.29, 0.717) is 16.7 Å².